The van der Waals surface area contributed by atoms with Crippen LogP contribution in [0.2, 0.25) is 0 Å². The summed E-state index contributed by atoms with van der Waals surface area (Å²) in [5.41, 5.74) is 1.23. The second kappa shape index (κ2) is 7.18. The van der Waals surface area contributed by atoms with E-state index >= 15 is 0 Å². The zero-order valence-corrected chi connectivity index (χ0v) is 13.0. The maximum absolute atomic E-state index is 12.1. The highest BCUT2D eigenvalue weighted by atomic mass is 16.3. The second-order valence-corrected chi connectivity index (χ2v) is 5.92. The lowest BCUT2D eigenvalue weighted by molar-refractivity contribution is 0.0500. The number of amides is 1. The molecule has 0 aliphatic heterocycles. The third kappa shape index (κ3) is 4.15. The Hall–Kier alpha value is -2.20. The third-order valence-electron chi connectivity index (χ3n) is 4.04. The molecule has 1 heterocycles. The van der Waals surface area contributed by atoms with Gasteiger partial charge in [0.2, 0.25) is 0 Å². The van der Waals surface area contributed by atoms with Gasteiger partial charge in [0.25, 0.3) is 5.91 Å². The quantitative estimate of drug-likeness (QED) is 0.861. The number of aromatic nitrogens is 1. The zero-order chi connectivity index (χ0) is 16.0. The number of aliphatic hydroxyl groups excluding tert-OH is 1. The SMILES string of the molecule is C[C@@H](O)[C@](C)(CNC(=O)c1cccnc1)Cc1ccccc1. The first-order chi connectivity index (χ1) is 10.5. The molecule has 0 bridgehead atoms. The molecule has 1 amide bonds. The van der Waals surface area contributed by atoms with Crippen LogP contribution in [0.1, 0.15) is 29.8 Å². The lowest BCUT2D eigenvalue weighted by atomic mass is 9.79. The van der Waals surface area contributed by atoms with E-state index in [2.05, 4.69) is 10.3 Å². The fraction of sp³-hybridized carbons (Fsp3) is 0.333. The maximum atomic E-state index is 12.1. The molecule has 2 N–H and O–H groups in total. The fourth-order valence-electron chi connectivity index (χ4n) is 2.30. The summed E-state index contributed by atoms with van der Waals surface area (Å²) in [5.74, 6) is -0.173. The molecule has 1 aromatic carbocycles. The lowest BCUT2D eigenvalue weighted by Gasteiger charge is -2.33. The minimum absolute atomic E-state index is 0.173. The minimum Gasteiger partial charge on any atom is -0.393 e. The molecule has 0 aliphatic carbocycles. The van der Waals surface area contributed by atoms with E-state index in [1.54, 1.807) is 25.3 Å². The number of hydrogen-bond acceptors (Lipinski definition) is 3. The molecule has 2 rings (SSSR count). The highest BCUT2D eigenvalue weighted by Gasteiger charge is 2.31. The molecule has 0 saturated carbocycles. The van der Waals surface area contributed by atoms with Crippen LogP contribution in [0.4, 0.5) is 0 Å². The topological polar surface area (TPSA) is 62.2 Å². The Morgan fingerprint density at radius 2 is 2.00 bits per heavy atom. The summed E-state index contributed by atoms with van der Waals surface area (Å²) < 4.78 is 0. The summed E-state index contributed by atoms with van der Waals surface area (Å²) in [4.78, 5) is 16.1. The van der Waals surface area contributed by atoms with Crippen LogP contribution in [0.3, 0.4) is 0 Å². The van der Waals surface area contributed by atoms with Crippen LogP contribution in [0.15, 0.2) is 54.9 Å². The smallest absolute Gasteiger partial charge is 0.252 e. The first kappa shape index (κ1) is 16.2. The monoisotopic (exact) mass is 298 g/mol. The molecule has 4 heteroatoms. The second-order valence-electron chi connectivity index (χ2n) is 5.92. The zero-order valence-electron chi connectivity index (χ0n) is 13.0. The Morgan fingerprint density at radius 3 is 2.59 bits per heavy atom. The first-order valence-electron chi connectivity index (χ1n) is 7.41. The van der Waals surface area contributed by atoms with Crippen LogP contribution < -0.4 is 5.32 Å². The van der Waals surface area contributed by atoms with Gasteiger partial charge in [-0.25, -0.2) is 0 Å². The highest BCUT2D eigenvalue weighted by Crippen LogP contribution is 2.26. The summed E-state index contributed by atoms with van der Waals surface area (Å²) in [6, 6.07) is 13.4. The van der Waals surface area contributed by atoms with Crippen molar-refractivity contribution in [3.8, 4) is 0 Å². The fourth-order valence-corrected chi connectivity index (χ4v) is 2.30. The summed E-state index contributed by atoms with van der Waals surface area (Å²) in [6.07, 6.45) is 3.32. The number of pyridine rings is 1. The van der Waals surface area contributed by atoms with Gasteiger partial charge in [0.15, 0.2) is 0 Å². The normalized spacial score (nSPS) is 14.9. The summed E-state index contributed by atoms with van der Waals surface area (Å²) >= 11 is 0. The predicted molar refractivity (Wildman–Crippen MR) is 86.5 cm³/mol. The van der Waals surface area contributed by atoms with Gasteiger partial charge in [-0.3, -0.25) is 9.78 Å². The van der Waals surface area contributed by atoms with E-state index in [0.29, 0.717) is 18.5 Å². The average Bonchev–Trinajstić information content (AvgIpc) is 2.54. The van der Waals surface area contributed by atoms with Crippen molar-refractivity contribution in [2.45, 2.75) is 26.4 Å². The third-order valence-corrected chi connectivity index (χ3v) is 4.04. The molecular weight excluding hydrogens is 276 g/mol. The molecule has 0 radical (unpaired) electrons. The van der Waals surface area contributed by atoms with E-state index in [1.807, 2.05) is 37.3 Å². The number of nitrogens with one attached hydrogen (secondary N) is 1. The predicted octanol–water partition coefficient (Wildman–Crippen LogP) is 2.44. The van der Waals surface area contributed by atoms with Crippen molar-refractivity contribution in [2.75, 3.05) is 6.54 Å². The molecule has 0 fully saturated rings. The number of nitrogens with zero attached hydrogens (tertiary/aromatic N) is 1. The molecule has 22 heavy (non-hydrogen) atoms. The van der Waals surface area contributed by atoms with Gasteiger partial charge in [0.1, 0.15) is 0 Å². The maximum Gasteiger partial charge on any atom is 0.252 e. The first-order valence-corrected chi connectivity index (χ1v) is 7.41. The van der Waals surface area contributed by atoms with Crippen molar-refractivity contribution in [3.63, 3.8) is 0 Å². The molecule has 4 nitrogen and oxygen atoms in total. The molecule has 2 atom stereocenters. The molecule has 0 unspecified atom stereocenters. The van der Waals surface area contributed by atoms with Crippen molar-refractivity contribution in [1.29, 1.82) is 0 Å². The molecule has 0 spiro atoms. The van der Waals surface area contributed by atoms with Gasteiger partial charge >= 0.3 is 0 Å². The van der Waals surface area contributed by atoms with Crippen LogP contribution >= 0.6 is 0 Å². The van der Waals surface area contributed by atoms with Gasteiger partial charge in [0.05, 0.1) is 11.7 Å². The van der Waals surface area contributed by atoms with Gasteiger partial charge in [-0.15, -0.1) is 0 Å². The number of rotatable bonds is 6. The number of benzene rings is 1. The van der Waals surface area contributed by atoms with E-state index in [-0.39, 0.29) is 5.91 Å². The number of carbonyl (C=O) groups is 1. The van der Waals surface area contributed by atoms with Crippen molar-refractivity contribution < 1.29 is 9.90 Å². The van der Waals surface area contributed by atoms with Crippen molar-refractivity contribution in [2.24, 2.45) is 5.41 Å². The number of aliphatic hydroxyl groups is 1. The standard InChI is InChI=1S/C18H22N2O2/c1-14(21)18(2,11-15-7-4-3-5-8-15)13-20-17(22)16-9-6-10-19-12-16/h3-10,12,14,21H,11,13H2,1-2H3,(H,20,22)/t14-,18+/m1/s1. The molecule has 0 aliphatic rings. The van der Waals surface area contributed by atoms with E-state index < -0.39 is 11.5 Å². The molecule has 1 aromatic heterocycles. The van der Waals surface area contributed by atoms with Crippen LogP contribution in [-0.2, 0) is 6.42 Å². The Balaban J connectivity index is 2.04. The summed E-state index contributed by atoms with van der Waals surface area (Å²) in [7, 11) is 0. The largest absolute Gasteiger partial charge is 0.393 e. The van der Waals surface area contributed by atoms with Crippen LogP contribution in [0.25, 0.3) is 0 Å². The Morgan fingerprint density at radius 1 is 1.27 bits per heavy atom. The van der Waals surface area contributed by atoms with Gasteiger partial charge in [-0.2, -0.15) is 0 Å². The Labute approximate surface area is 131 Å². The number of carbonyl (C=O) groups excluding carboxylic acids is 1. The molecule has 2 aromatic rings. The molecule has 0 saturated heterocycles. The van der Waals surface area contributed by atoms with Gasteiger partial charge in [0, 0.05) is 24.4 Å². The summed E-state index contributed by atoms with van der Waals surface area (Å²) in [6.45, 7) is 4.14. The molecule has 116 valence electrons. The number of hydrogen-bond donors (Lipinski definition) is 2. The molecular formula is C18H22N2O2. The van der Waals surface area contributed by atoms with Crippen molar-refractivity contribution in [1.82, 2.24) is 10.3 Å². The Bertz CT molecular complexity index is 599. The van der Waals surface area contributed by atoms with E-state index in [1.165, 1.54) is 6.20 Å². The summed E-state index contributed by atoms with van der Waals surface area (Å²) in [5, 5.41) is 13.1. The van der Waals surface area contributed by atoms with Crippen LogP contribution in [-0.4, -0.2) is 28.6 Å². The average molecular weight is 298 g/mol. The van der Waals surface area contributed by atoms with E-state index in [9.17, 15) is 9.90 Å². The van der Waals surface area contributed by atoms with Crippen LogP contribution in [0, 0.1) is 5.41 Å². The van der Waals surface area contributed by atoms with Crippen molar-refractivity contribution in [3.05, 3.63) is 66.0 Å². The van der Waals surface area contributed by atoms with Gasteiger partial charge in [-0.1, -0.05) is 37.3 Å². The van der Waals surface area contributed by atoms with Gasteiger partial charge in [-0.05, 0) is 31.0 Å². The van der Waals surface area contributed by atoms with Crippen molar-refractivity contribution >= 4 is 5.91 Å². The highest BCUT2D eigenvalue weighted by molar-refractivity contribution is 5.93. The Kier molecular flexibility index (Phi) is 5.28. The van der Waals surface area contributed by atoms with E-state index in [0.717, 1.165) is 5.56 Å². The lowest BCUT2D eigenvalue weighted by Crippen LogP contribution is -2.43. The van der Waals surface area contributed by atoms with Crippen LogP contribution in [0.5, 0.6) is 0 Å². The van der Waals surface area contributed by atoms with Gasteiger partial charge < -0.3 is 10.4 Å². The van der Waals surface area contributed by atoms with E-state index in [4.69, 9.17) is 0 Å². The minimum atomic E-state index is -0.540.